The molecular formula is C20H19ClN2O3. The molecule has 0 bridgehead atoms. The number of methoxy groups -OCH3 is 2. The maximum Gasteiger partial charge on any atom is 0.323 e. The number of rotatable bonds is 3. The molecule has 2 N–H and O–H groups in total. The number of carbonyl (C=O) groups excluding carboxylic acids is 1. The Bertz CT molecular complexity index is 982. The van der Waals surface area contributed by atoms with Gasteiger partial charge < -0.3 is 14.5 Å². The number of benzene rings is 2. The predicted molar refractivity (Wildman–Crippen MR) is 101 cm³/mol. The van der Waals surface area contributed by atoms with Gasteiger partial charge in [-0.05, 0) is 29.3 Å². The van der Waals surface area contributed by atoms with Crippen LogP contribution in [0.25, 0.3) is 10.9 Å². The number of nitrogens with one attached hydrogen (secondary N) is 2. The van der Waals surface area contributed by atoms with Gasteiger partial charge in [0.1, 0.15) is 11.8 Å². The highest BCUT2D eigenvalue weighted by Crippen LogP contribution is 2.38. The van der Waals surface area contributed by atoms with Gasteiger partial charge in [-0.25, -0.2) is 0 Å². The Morgan fingerprint density at radius 1 is 1.19 bits per heavy atom. The fraction of sp³-hybridized carbons (Fsp3) is 0.250. The largest absolute Gasteiger partial charge is 0.497 e. The summed E-state index contributed by atoms with van der Waals surface area (Å²) in [6.45, 7) is 0. The van der Waals surface area contributed by atoms with E-state index < -0.39 is 6.04 Å². The average molecular weight is 371 g/mol. The summed E-state index contributed by atoms with van der Waals surface area (Å²) in [4.78, 5) is 15.7. The van der Waals surface area contributed by atoms with Crippen molar-refractivity contribution in [2.75, 3.05) is 14.2 Å². The van der Waals surface area contributed by atoms with Gasteiger partial charge in [-0.15, -0.1) is 0 Å². The lowest BCUT2D eigenvalue weighted by molar-refractivity contribution is -0.143. The van der Waals surface area contributed by atoms with E-state index in [1.807, 2.05) is 30.3 Å². The Morgan fingerprint density at radius 3 is 2.73 bits per heavy atom. The van der Waals surface area contributed by atoms with Crippen LogP contribution in [0.15, 0.2) is 42.5 Å². The SMILES string of the molecule is COC(=O)C1Cc2c([nH]c3ccccc23)C(c2ccc(OC)cc2Cl)N1. The lowest BCUT2D eigenvalue weighted by Crippen LogP contribution is -2.45. The molecule has 134 valence electrons. The molecule has 26 heavy (non-hydrogen) atoms. The minimum atomic E-state index is -0.435. The summed E-state index contributed by atoms with van der Waals surface area (Å²) < 4.78 is 10.2. The Morgan fingerprint density at radius 2 is 2.00 bits per heavy atom. The molecule has 0 fully saturated rings. The molecule has 6 heteroatoms. The first-order valence-corrected chi connectivity index (χ1v) is 8.77. The van der Waals surface area contributed by atoms with Gasteiger partial charge in [0, 0.05) is 28.0 Å². The number of esters is 1. The van der Waals surface area contributed by atoms with E-state index in [1.54, 1.807) is 13.2 Å². The molecule has 1 aliphatic heterocycles. The van der Waals surface area contributed by atoms with Crippen molar-refractivity contribution in [2.24, 2.45) is 0 Å². The Kier molecular flexibility index (Phi) is 4.34. The zero-order chi connectivity index (χ0) is 18.3. The lowest BCUT2D eigenvalue weighted by Gasteiger charge is -2.30. The van der Waals surface area contributed by atoms with Gasteiger partial charge in [0.15, 0.2) is 0 Å². The van der Waals surface area contributed by atoms with Crippen molar-refractivity contribution in [2.45, 2.75) is 18.5 Å². The van der Waals surface area contributed by atoms with Crippen LogP contribution in [0.1, 0.15) is 22.9 Å². The van der Waals surface area contributed by atoms with Crippen molar-refractivity contribution in [3.8, 4) is 5.75 Å². The topological polar surface area (TPSA) is 63.4 Å². The quantitative estimate of drug-likeness (QED) is 0.691. The van der Waals surface area contributed by atoms with E-state index in [9.17, 15) is 4.79 Å². The average Bonchev–Trinajstić information content (AvgIpc) is 3.05. The van der Waals surface area contributed by atoms with Crippen molar-refractivity contribution >= 4 is 28.5 Å². The van der Waals surface area contributed by atoms with Gasteiger partial charge in [-0.2, -0.15) is 0 Å². The van der Waals surface area contributed by atoms with Gasteiger partial charge >= 0.3 is 5.97 Å². The third-order valence-corrected chi connectivity index (χ3v) is 5.24. The van der Waals surface area contributed by atoms with Gasteiger partial charge in [-0.1, -0.05) is 35.9 Å². The highest BCUT2D eigenvalue weighted by Gasteiger charge is 2.35. The third kappa shape index (κ3) is 2.73. The molecule has 2 heterocycles. The van der Waals surface area contributed by atoms with E-state index in [4.69, 9.17) is 21.1 Å². The van der Waals surface area contributed by atoms with E-state index in [0.717, 1.165) is 27.7 Å². The van der Waals surface area contributed by atoms with Crippen LogP contribution in [0.5, 0.6) is 5.75 Å². The van der Waals surface area contributed by atoms with Crippen molar-refractivity contribution in [1.29, 1.82) is 0 Å². The van der Waals surface area contributed by atoms with E-state index >= 15 is 0 Å². The molecule has 1 aliphatic rings. The van der Waals surface area contributed by atoms with Gasteiger partial charge in [-0.3, -0.25) is 10.1 Å². The number of aromatic nitrogens is 1. The number of fused-ring (bicyclic) bond motifs is 3. The molecule has 1 aromatic heterocycles. The van der Waals surface area contributed by atoms with Crippen LogP contribution in [0.4, 0.5) is 0 Å². The molecule has 0 saturated heterocycles. The molecule has 4 rings (SSSR count). The van der Waals surface area contributed by atoms with Crippen molar-refractivity contribution < 1.29 is 14.3 Å². The zero-order valence-corrected chi connectivity index (χ0v) is 15.3. The van der Waals surface area contributed by atoms with Crippen molar-refractivity contribution in [3.63, 3.8) is 0 Å². The first-order chi connectivity index (χ1) is 12.6. The van der Waals surface area contributed by atoms with Gasteiger partial charge in [0.05, 0.1) is 20.3 Å². The first-order valence-electron chi connectivity index (χ1n) is 8.39. The van der Waals surface area contributed by atoms with Crippen molar-refractivity contribution in [3.05, 3.63) is 64.3 Å². The van der Waals surface area contributed by atoms with Crippen molar-refractivity contribution in [1.82, 2.24) is 10.3 Å². The fourth-order valence-corrected chi connectivity index (χ4v) is 3.92. The number of hydrogen-bond acceptors (Lipinski definition) is 4. The maximum absolute atomic E-state index is 12.2. The zero-order valence-electron chi connectivity index (χ0n) is 14.5. The standard InChI is InChI=1S/C20H19ClN2O3/c1-25-11-7-8-13(15(21)9-11)18-19-14(10-17(23-18)20(24)26-2)12-5-3-4-6-16(12)22-19/h3-9,17-18,22-23H,10H2,1-2H3. The highest BCUT2D eigenvalue weighted by atomic mass is 35.5. The first kappa shape index (κ1) is 16.9. The molecule has 2 atom stereocenters. The maximum atomic E-state index is 12.2. The molecular weight excluding hydrogens is 352 g/mol. The molecule has 0 aliphatic carbocycles. The Labute approximate surface area is 156 Å². The summed E-state index contributed by atoms with van der Waals surface area (Å²) in [6.07, 6.45) is 0.566. The summed E-state index contributed by atoms with van der Waals surface area (Å²) in [5.41, 5.74) is 4.07. The second kappa shape index (κ2) is 6.67. The number of para-hydroxylation sites is 1. The summed E-state index contributed by atoms with van der Waals surface area (Å²) in [5, 5.41) is 5.08. The van der Waals surface area contributed by atoms with E-state index in [1.165, 1.54) is 7.11 Å². The smallest absolute Gasteiger partial charge is 0.323 e. The van der Waals surface area contributed by atoms with Crippen LogP contribution in [-0.4, -0.2) is 31.2 Å². The molecule has 0 saturated carbocycles. The van der Waals surface area contributed by atoms with Gasteiger partial charge in [0.2, 0.25) is 0 Å². The number of ether oxygens (including phenoxy) is 2. The fourth-order valence-electron chi connectivity index (χ4n) is 3.64. The molecule has 0 amide bonds. The normalized spacial score (nSPS) is 19.2. The molecule has 2 unspecified atom stereocenters. The Hall–Kier alpha value is -2.50. The van der Waals surface area contributed by atoms with E-state index in [0.29, 0.717) is 17.2 Å². The number of hydrogen-bond donors (Lipinski definition) is 2. The third-order valence-electron chi connectivity index (χ3n) is 4.92. The second-order valence-electron chi connectivity index (χ2n) is 6.33. The van der Waals surface area contributed by atoms with Crippen LogP contribution < -0.4 is 10.1 Å². The number of aromatic amines is 1. The minimum Gasteiger partial charge on any atom is -0.497 e. The summed E-state index contributed by atoms with van der Waals surface area (Å²) in [5.74, 6) is 0.409. The molecule has 0 radical (unpaired) electrons. The molecule has 3 aromatic rings. The van der Waals surface area contributed by atoms with Crippen LogP contribution >= 0.6 is 11.6 Å². The van der Waals surface area contributed by atoms with E-state index in [2.05, 4.69) is 16.4 Å². The predicted octanol–water partition coefficient (Wildman–Crippen LogP) is 3.61. The van der Waals surface area contributed by atoms with Crippen LogP contribution in [-0.2, 0) is 16.0 Å². The number of halogens is 1. The van der Waals surface area contributed by atoms with E-state index in [-0.39, 0.29) is 12.0 Å². The summed E-state index contributed by atoms with van der Waals surface area (Å²) >= 11 is 6.52. The number of H-pyrrole nitrogens is 1. The Balaban J connectivity index is 1.87. The molecule has 5 nitrogen and oxygen atoms in total. The lowest BCUT2D eigenvalue weighted by atomic mass is 9.90. The summed E-state index contributed by atoms with van der Waals surface area (Å²) in [6, 6.07) is 13.0. The molecule has 0 spiro atoms. The minimum absolute atomic E-state index is 0.242. The summed E-state index contributed by atoms with van der Waals surface area (Å²) in [7, 11) is 3.01. The second-order valence-corrected chi connectivity index (χ2v) is 6.74. The number of carbonyl (C=O) groups is 1. The van der Waals surface area contributed by atoms with Crippen LogP contribution in [0.2, 0.25) is 5.02 Å². The van der Waals surface area contributed by atoms with Crippen LogP contribution in [0, 0.1) is 0 Å². The highest BCUT2D eigenvalue weighted by molar-refractivity contribution is 6.31. The molecule has 2 aromatic carbocycles. The van der Waals surface area contributed by atoms with Crippen LogP contribution in [0.3, 0.4) is 0 Å². The monoisotopic (exact) mass is 370 g/mol. The van der Waals surface area contributed by atoms with Gasteiger partial charge in [0.25, 0.3) is 0 Å².